The van der Waals surface area contributed by atoms with Crippen LogP contribution in [0.3, 0.4) is 0 Å². The second kappa shape index (κ2) is 10.7. The standard InChI is InChI=1S/C28H30F3N5O3S/c1-18(2)25-16-33-27-19(3)14-21(17-36(25)27)20-4-6-24(7-5-20)40(37,38)35-12-9-22(10-13-35)34-26-15-23(8-11-32-26)39-28(29,30)31/h4-8,11,14-18,22H,9-10,12-13H2,1-3H3,(H,32,34). The monoisotopic (exact) mass is 573 g/mol. The van der Waals surface area contributed by atoms with Gasteiger partial charge in [0.1, 0.15) is 17.2 Å². The van der Waals surface area contributed by atoms with Crippen LogP contribution in [-0.2, 0) is 10.0 Å². The Kier molecular flexibility index (Phi) is 7.49. The molecular weight excluding hydrogens is 543 g/mol. The van der Waals surface area contributed by atoms with Gasteiger partial charge in [0.15, 0.2) is 0 Å². The molecule has 0 saturated carbocycles. The molecule has 0 atom stereocenters. The average molecular weight is 574 g/mol. The summed E-state index contributed by atoms with van der Waals surface area (Å²) in [6.45, 7) is 6.79. The molecule has 12 heteroatoms. The number of hydrogen-bond acceptors (Lipinski definition) is 6. The fraction of sp³-hybridized carbons (Fsp3) is 0.357. The highest BCUT2D eigenvalue weighted by molar-refractivity contribution is 7.89. The molecule has 4 heterocycles. The Balaban J connectivity index is 1.25. The van der Waals surface area contributed by atoms with E-state index >= 15 is 0 Å². The predicted molar refractivity (Wildman–Crippen MR) is 146 cm³/mol. The molecule has 1 fully saturated rings. The molecule has 5 rings (SSSR count). The first-order valence-corrected chi connectivity index (χ1v) is 14.4. The zero-order valence-electron chi connectivity index (χ0n) is 22.3. The van der Waals surface area contributed by atoms with Gasteiger partial charge in [-0.1, -0.05) is 26.0 Å². The summed E-state index contributed by atoms with van der Waals surface area (Å²) < 4.78 is 71.7. The molecule has 1 aromatic carbocycles. The molecule has 4 aromatic rings. The third-order valence-electron chi connectivity index (χ3n) is 7.01. The van der Waals surface area contributed by atoms with Crippen molar-refractivity contribution in [1.29, 1.82) is 0 Å². The van der Waals surface area contributed by atoms with Gasteiger partial charge in [-0.15, -0.1) is 13.2 Å². The molecule has 0 unspecified atom stereocenters. The number of sulfonamides is 1. The highest BCUT2D eigenvalue weighted by Gasteiger charge is 2.32. The topological polar surface area (TPSA) is 88.8 Å². The van der Waals surface area contributed by atoms with Crippen LogP contribution >= 0.6 is 0 Å². The number of hydrogen-bond donors (Lipinski definition) is 1. The van der Waals surface area contributed by atoms with Crippen LogP contribution in [0.5, 0.6) is 5.75 Å². The van der Waals surface area contributed by atoms with Crippen molar-refractivity contribution in [3.8, 4) is 16.9 Å². The molecular formula is C28H30F3N5O3S. The molecule has 1 saturated heterocycles. The van der Waals surface area contributed by atoms with E-state index in [1.54, 1.807) is 12.1 Å². The van der Waals surface area contributed by atoms with E-state index in [4.69, 9.17) is 0 Å². The molecule has 0 bridgehead atoms. The van der Waals surface area contributed by atoms with Gasteiger partial charge in [-0.05, 0) is 66.6 Å². The first-order valence-electron chi connectivity index (χ1n) is 13.0. The number of pyridine rings is 2. The van der Waals surface area contributed by atoms with Crippen LogP contribution in [0.15, 0.2) is 66.0 Å². The number of aryl methyl sites for hydroxylation is 1. The number of nitrogens with zero attached hydrogens (tertiary/aromatic N) is 4. The van der Waals surface area contributed by atoms with Crippen LogP contribution < -0.4 is 10.1 Å². The maximum atomic E-state index is 13.3. The van der Waals surface area contributed by atoms with Crippen molar-refractivity contribution in [1.82, 2.24) is 18.7 Å². The molecule has 1 N–H and O–H groups in total. The summed E-state index contributed by atoms with van der Waals surface area (Å²) in [6.07, 6.45) is 1.31. The molecule has 40 heavy (non-hydrogen) atoms. The van der Waals surface area contributed by atoms with Gasteiger partial charge in [0.25, 0.3) is 0 Å². The number of fused-ring (bicyclic) bond motifs is 1. The van der Waals surface area contributed by atoms with Crippen molar-refractivity contribution in [2.75, 3.05) is 18.4 Å². The molecule has 0 amide bonds. The van der Waals surface area contributed by atoms with E-state index in [1.807, 2.05) is 37.5 Å². The Morgan fingerprint density at radius 3 is 2.38 bits per heavy atom. The lowest BCUT2D eigenvalue weighted by molar-refractivity contribution is -0.274. The van der Waals surface area contributed by atoms with E-state index in [1.165, 1.54) is 16.6 Å². The number of anilines is 1. The number of benzene rings is 1. The van der Waals surface area contributed by atoms with E-state index < -0.39 is 16.4 Å². The number of alkyl halides is 3. The van der Waals surface area contributed by atoms with Crippen molar-refractivity contribution in [3.63, 3.8) is 0 Å². The maximum absolute atomic E-state index is 13.3. The summed E-state index contributed by atoms with van der Waals surface area (Å²) in [5.74, 6) is 0.179. The SMILES string of the molecule is Cc1cc(-c2ccc(S(=O)(=O)N3CCC(Nc4cc(OC(F)(F)F)ccn4)CC3)cc2)cn2c(C(C)C)cnc12. The van der Waals surface area contributed by atoms with Crippen LogP contribution in [0.25, 0.3) is 16.8 Å². The Morgan fingerprint density at radius 2 is 1.73 bits per heavy atom. The summed E-state index contributed by atoms with van der Waals surface area (Å²) in [7, 11) is -3.71. The minimum atomic E-state index is -4.79. The molecule has 1 aliphatic rings. The molecule has 0 radical (unpaired) electrons. The molecule has 0 aliphatic carbocycles. The van der Waals surface area contributed by atoms with Crippen LogP contribution in [0.2, 0.25) is 0 Å². The number of piperidine rings is 1. The third-order valence-corrected chi connectivity index (χ3v) is 8.92. The van der Waals surface area contributed by atoms with E-state index in [0.717, 1.165) is 34.1 Å². The largest absolute Gasteiger partial charge is 0.573 e. The van der Waals surface area contributed by atoms with Crippen LogP contribution in [0, 0.1) is 6.92 Å². The highest BCUT2D eigenvalue weighted by atomic mass is 32.2. The van der Waals surface area contributed by atoms with E-state index in [0.29, 0.717) is 18.8 Å². The summed E-state index contributed by atoms with van der Waals surface area (Å²) in [5, 5.41) is 3.08. The van der Waals surface area contributed by atoms with Gasteiger partial charge in [-0.25, -0.2) is 18.4 Å². The number of nitrogens with one attached hydrogen (secondary N) is 1. The van der Waals surface area contributed by atoms with E-state index in [-0.39, 0.29) is 35.6 Å². The van der Waals surface area contributed by atoms with Crippen LogP contribution in [-0.4, -0.2) is 52.6 Å². The third kappa shape index (κ3) is 5.92. The summed E-state index contributed by atoms with van der Waals surface area (Å²) in [5.41, 5.74) is 4.92. The number of halogens is 3. The number of rotatable bonds is 7. The fourth-order valence-corrected chi connectivity index (χ4v) is 6.44. The second-order valence-corrected chi connectivity index (χ2v) is 12.2. The highest BCUT2D eigenvalue weighted by Crippen LogP contribution is 2.29. The lowest BCUT2D eigenvalue weighted by atomic mass is 10.1. The summed E-state index contributed by atoms with van der Waals surface area (Å²) >= 11 is 0. The Morgan fingerprint density at radius 1 is 1.02 bits per heavy atom. The van der Waals surface area contributed by atoms with E-state index in [2.05, 4.69) is 38.3 Å². The smallest absolute Gasteiger partial charge is 0.406 e. The van der Waals surface area contributed by atoms with Crippen molar-refractivity contribution in [2.45, 2.75) is 56.8 Å². The van der Waals surface area contributed by atoms with Gasteiger partial charge in [0.2, 0.25) is 10.0 Å². The lowest BCUT2D eigenvalue weighted by Gasteiger charge is -2.32. The lowest BCUT2D eigenvalue weighted by Crippen LogP contribution is -2.42. The normalized spacial score (nSPS) is 15.6. The van der Waals surface area contributed by atoms with Gasteiger partial charge < -0.3 is 14.5 Å². The molecule has 212 valence electrons. The Bertz CT molecular complexity index is 1610. The van der Waals surface area contributed by atoms with Gasteiger partial charge in [0, 0.05) is 49.5 Å². The van der Waals surface area contributed by atoms with Crippen LogP contribution in [0.4, 0.5) is 19.0 Å². The number of imidazole rings is 1. The minimum Gasteiger partial charge on any atom is -0.406 e. The Hall–Kier alpha value is -3.64. The second-order valence-electron chi connectivity index (χ2n) is 10.2. The zero-order chi connectivity index (χ0) is 28.7. The number of aromatic nitrogens is 3. The van der Waals surface area contributed by atoms with Gasteiger partial charge in [-0.2, -0.15) is 4.31 Å². The molecule has 1 aliphatic heterocycles. The Labute approximate surface area is 230 Å². The molecule has 3 aromatic heterocycles. The quantitative estimate of drug-likeness (QED) is 0.292. The summed E-state index contributed by atoms with van der Waals surface area (Å²) in [4.78, 5) is 8.80. The first kappa shape index (κ1) is 27.9. The van der Waals surface area contributed by atoms with Gasteiger partial charge >= 0.3 is 6.36 Å². The minimum absolute atomic E-state index is 0.139. The zero-order valence-corrected chi connectivity index (χ0v) is 23.1. The van der Waals surface area contributed by atoms with Crippen LogP contribution in [0.1, 0.15) is 43.9 Å². The van der Waals surface area contributed by atoms with Gasteiger partial charge in [-0.3, -0.25) is 0 Å². The number of ether oxygens (including phenoxy) is 1. The first-order chi connectivity index (χ1) is 18.9. The average Bonchev–Trinajstić information content (AvgIpc) is 3.33. The summed E-state index contributed by atoms with van der Waals surface area (Å²) in [6, 6.07) is 11.1. The van der Waals surface area contributed by atoms with Gasteiger partial charge in [0.05, 0.1) is 4.90 Å². The van der Waals surface area contributed by atoms with Crippen molar-refractivity contribution in [2.24, 2.45) is 0 Å². The fourth-order valence-electron chi connectivity index (χ4n) is 4.97. The van der Waals surface area contributed by atoms with E-state index in [9.17, 15) is 21.6 Å². The molecule has 0 spiro atoms. The van der Waals surface area contributed by atoms with Crippen molar-refractivity contribution in [3.05, 3.63) is 72.3 Å². The predicted octanol–water partition coefficient (Wildman–Crippen LogP) is 5.99. The van der Waals surface area contributed by atoms with Crippen molar-refractivity contribution >= 4 is 21.5 Å². The van der Waals surface area contributed by atoms with Crippen molar-refractivity contribution < 1.29 is 26.3 Å². The molecule has 8 nitrogen and oxygen atoms in total. The maximum Gasteiger partial charge on any atom is 0.573 e.